The molecule has 0 bridgehead atoms. The Balaban J connectivity index is 2.20. The van der Waals surface area contributed by atoms with Crippen LogP contribution in [0.1, 0.15) is 16.5 Å². The minimum absolute atomic E-state index is 0.0433. The van der Waals surface area contributed by atoms with E-state index in [4.69, 9.17) is 11.6 Å². The number of para-hydroxylation sites is 1. The highest BCUT2D eigenvalue weighted by Crippen LogP contribution is 2.28. The first-order chi connectivity index (χ1) is 8.20. The van der Waals surface area contributed by atoms with Gasteiger partial charge in [-0.1, -0.05) is 18.2 Å². The number of nitrogens with two attached hydrogens (primary N) is 2. The van der Waals surface area contributed by atoms with Gasteiger partial charge in [0.25, 0.3) is 0 Å². The Kier molecular flexibility index (Phi) is 4.17. The average molecular weight is 312 g/mol. The molecule has 5 heteroatoms. The zero-order valence-corrected chi connectivity index (χ0v) is 11.6. The summed E-state index contributed by atoms with van der Waals surface area (Å²) in [5.41, 5.74) is 10.6. The fourth-order valence-corrected chi connectivity index (χ4v) is 3.28. The molecule has 2 aromatic rings. The van der Waals surface area contributed by atoms with E-state index in [1.54, 1.807) is 11.3 Å². The molecule has 0 saturated heterocycles. The van der Waals surface area contributed by atoms with Crippen LogP contribution in [-0.2, 0) is 6.42 Å². The fourth-order valence-electron chi connectivity index (χ4n) is 1.75. The van der Waals surface area contributed by atoms with Gasteiger partial charge in [0.2, 0.25) is 0 Å². The molecule has 1 heterocycles. The van der Waals surface area contributed by atoms with Gasteiger partial charge >= 0.3 is 0 Å². The Hall–Kier alpha value is -0.880. The summed E-state index contributed by atoms with van der Waals surface area (Å²) in [6.45, 7) is 0. The van der Waals surface area contributed by atoms with Crippen LogP contribution in [0.4, 0.5) is 5.69 Å². The molecule has 0 amide bonds. The van der Waals surface area contributed by atoms with Crippen LogP contribution in [0.5, 0.6) is 0 Å². The van der Waals surface area contributed by atoms with Gasteiger partial charge in [-0.25, -0.2) is 0 Å². The van der Waals surface area contributed by atoms with Crippen molar-refractivity contribution in [1.82, 2.24) is 5.43 Å². The molecule has 0 spiro atoms. The number of rotatable bonds is 4. The highest BCUT2D eigenvalue weighted by Gasteiger charge is 2.14. The molecule has 3 nitrogen and oxygen atoms in total. The van der Waals surface area contributed by atoms with Crippen molar-refractivity contribution in [2.75, 3.05) is 5.73 Å². The third kappa shape index (κ3) is 3.07. The number of hydrogen-bond donors (Lipinski definition) is 3. The first kappa shape index (κ1) is 12.6. The summed E-state index contributed by atoms with van der Waals surface area (Å²) in [6, 6.07) is 12.0. The van der Waals surface area contributed by atoms with Gasteiger partial charge < -0.3 is 5.73 Å². The number of benzene rings is 1. The second-order valence-electron chi connectivity index (χ2n) is 3.76. The van der Waals surface area contributed by atoms with Gasteiger partial charge in [0.15, 0.2) is 0 Å². The summed E-state index contributed by atoms with van der Waals surface area (Å²) < 4.78 is 1.13. The number of thiophene rings is 1. The summed E-state index contributed by atoms with van der Waals surface area (Å²) in [7, 11) is 0. The Morgan fingerprint density at radius 3 is 2.59 bits per heavy atom. The van der Waals surface area contributed by atoms with Gasteiger partial charge in [0.05, 0.1) is 9.83 Å². The zero-order chi connectivity index (χ0) is 12.3. The molecule has 5 N–H and O–H groups in total. The highest BCUT2D eigenvalue weighted by molar-refractivity contribution is 9.11. The van der Waals surface area contributed by atoms with Gasteiger partial charge in [-0.05, 0) is 39.7 Å². The van der Waals surface area contributed by atoms with Crippen molar-refractivity contribution in [3.63, 3.8) is 0 Å². The maximum absolute atomic E-state index is 5.95. The number of anilines is 1. The zero-order valence-electron chi connectivity index (χ0n) is 9.19. The van der Waals surface area contributed by atoms with Crippen molar-refractivity contribution in [3.05, 3.63) is 50.6 Å². The van der Waals surface area contributed by atoms with Crippen LogP contribution in [0, 0.1) is 0 Å². The standard InChI is InChI=1S/C12H14BrN3S/c13-12-6-5-8(17-12)7-11(16-15)9-3-1-2-4-10(9)14/h1-6,11,16H,7,14-15H2. The van der Waals surface area contributed by atoms with Gasteiger partial charge in [-0.2, -0.15) is 0 Å². The molecule has 0 aliphatic rings. The van der Waals surface area contributed by atoms with E-state index in [2.05, 4.69) is 27.4 Å². The molecule has 1 atom stereocenters. The van der Waals surface area contributed by atoms with E-state index in [0.29, 0.717) is 0 Å². The number of hydrogen-bond acceptors (Lipinski definition) is 4. The van der Waals surface area contributed by atoms with Crippen LogP contribution >= 0.6 is 27.3 Å². The molecule has 2 rings (SSSR count). The Morgan fingerprint density at radius 1 is 1.24 bits per heavy atom. The number of nitrogens with one attached hydrogen (secondary N) is 1. The molecule has 17 heavy (non-hydrogen) atoms. The quantitative estimate of drug-likeness (QED) is 0.462. The number of halogens is 1. The summed E-state index contributed by atoms with van der Waals surface area (Å²) >= 11 is 5.17. The van der Waals surface area contributed by atoms with Crippen molar-refractivity contribution in [2.45, 2.75) is 12.5 Å². The van der Waals surface area contributed by atoms with E-state index in [-0.39, 0.29) is 6.04 Å². The molecule has 0 radical (unpaired) electrons. The molecule has 0 fully saturated rings. The lowest BCUT2D eigenvalue weighted by Gasteiger charge is -2.17. The molecule has 1 unspecified atom stereocenters. The Morgan fingerprint density at radius 2 is 2.00 bits per heavy atom. The van der Waals surface area contributed by atoms with Crippen molar-refractivity contribution in [2.24, 2.45) is 5.84 Å². The fraction of sp³-hybridized carbons (Fsp3) is 0.167. The predicted octanol–water partition coefficient (Wildman–Crippen LogP) is 2.84. The third-order valence-electron chi connectivity index (χ3n) is 2.61. The van der Waals surface area contributed by atoms with E-state index >= 15 is 0 Å². The molecular weight excluding hydrogens is 298 g/mol. The smallest absolute Gasteiger partial charge is 0.0701 e. The lowest BCUT2D eigenvalue weighted by atomic mass is 10.0. The maximum Gasteiger partial charge on any atom is 0.0701 e. The molecule has 0 aliphatic carbocycles. The minimum Gasteiger partial charge on any atom is -0.398 e. The first-order valence-electron chi connectivity index (χ1n) is 5.25. The molecule has 1 aromatic carbocycles. The van der Waals surface area contributed by atoms with E-state index in [1.807, 2.05) is 30.3 Å². The normalized spacial score (nSPS) is 12.6. The second-order valence-corrected chi connectivity index (χ2v) is 6.31. The predicted molar refractivity (Wildman–Crippen MR) is 76.6 cm³/mol. The second kappa shape index (κ2) is 5.64. The minimum atomic E-state index is 0.0433. The summed E-state index contributed by atoms with van der Waals surface area (Å²) in [4.78, 5) is 1.27. The van der Waals surface area contributed by atoms with Crippen molar-refractivity contribution >= 4 is 33.0 Å². The van der Waals surface area contributed by atoms with E-state index in [9.17, 15) is 0 Å². The van der Waals surface area contributed by atoms with Crippen molar-refractivity contribution < 1.29 is 0 Å². The van der Waals surface area contributed by atoms with E-state index in [0.717, 1.165) is 21.5 Å². The summed E-state index contributed by atoms with van der Waals surface area (Å²) in [5.74, 6) is 5.62. The lowest BCUT2D eigenvalue weighted by Crippen LogP contribution is -2.29. The van der Waals surface area contributed by atoms with Crippen molar-refractivity contribution in [3.8, 4) is 0 Å². The van der Waals surface area contributed by atoms with Crippen LogP contribution in [0.2, 0.25) is 0 Å². The molecule has 0 aliphatic heterocycles. The van der Waals surface area contributed by atoms with Crippen LogP contribution in [0.15, 0.2) is 40.2 Å². The van der Waals surface area contributed by atoms with Gasteiger partial charge in [0, 0.05) is 17.0 Å². The third-order valence-corrected chi connectivity index (χ3v) is 4.25. The monoisotopic (exact) mass is 311 g/mol. The summed E-state index contributed by atoms with van der Waals surface area (Å²) in [5, 5.41) is 0. The van der Waals surface area contributed by atoms with E-state index < -0.39 is 0 Å². The average Bonchev–Trinajstić information content (AvgIpc) is 2.73. The highest BCUT2D eigenvalue weighted by atomic mass is 79.9. The van der Waals surface area contributed by atoms with Gasteiger partial charge in [-0.3, -0.25) is 11.3 Å². The number of nitrogen functional groups attached to an aromatic ring is 1. The van der Waals surface area contributed by atoms with Crippen LogP contribution < -0.4 is 17.0 Å². The Bertz CT molecular complexity index is 498. The van der Waals surface area contributed by atoms with Crippen LogP contribution in [0.3, 0.4) is 0 Å². The van der Waals surface area contributed by atoms with Crippen LogP contribution in [-0.4, -0.2) is 0 Å². The molecule has 90 valence electrons. The SMILES string of the molecule is NNC(Cc1ccc(Br)s1)c1ccccc1N. The largest absolute Gasteiger partial charge is 0.398 e. The topological polar surface area (TPSA) is 64.1 Å². The first-order valence-corrected chi connectivity index (χ1v) is 6.86. The van der Waals surface area contributed by atoms with Gasteiger partial charge in [0.1, 0.15) is 0 Å². The van der Waals surface area contributed by atoms with Gasteiger partial charge in [-0.15, -0.1) is 11.3 Å². The lowest BCUT2D eigenvalue weighted by molar-refractivity contribution is 0.557. The molecule has 0 saturated carbocycles. The molecular formula is C12H14BrN3S. The van der Waals surface area contributed by atoms with Crippen molar-refractivity contribution in [1.29, 1.82) is 0 Å². The maximum atomic E-state index is 5.95. The Labute approximate surface area is 113 Å². The van der Waals surface area contributed by atoms with E-state index in [1.165, 1.54) is 4.88 Å². The summed E-state index contributed by atoms with van der Waals surface area (Å²) in [6.07, 6.45) is 0.834. The number of hydrazine groups is 1. The molecule has 1 aromatic heterocycles. The van der Waals surface area contributed by atoms with Crippen LogP contribution in [0.25, 0.3) is 0 Å².